The highest BCUT2D eigenvalue weighted by molar-refractivity contribution is 5.38. The molecule has 3 nitrogen and oxygen atoms in total. The van der Waals surface area contributed by atoms with Gasteiger partial charge in [0, 0.05) is 31.2 Å². The number of rotatable bonds is 7. The van der Waals surface area contributed by atoms with E-state index in [2.05, 4.69) is 51.2 Å². The van der Waals surface area contributed by atoms with Gasteiger partial charge in [0.15, 0.2) is 0 Å². The Morgan fingerprint density at radius 2 is 2.05 bits per heavy atom. The number of hydrogen-bond donors (Lipinski definition) is 1. The van der Waals surface area contributed by atoms with Crippen LogP contribution in [-0.4, -0.2) is 25.4 Å². The second kappa shape index (κ2) is 7.28. The molecule has 0 amide bonds. The SMILES string of the molecule is CC(C)CCOCCNC1CC(C)(C)Oc2ccccc21. The molecule has 0 radical (unpaired) electrons. The van der Waals surface area contributed by atoms with E-state index >= 15 is 0 Å². The van der Waals surface area contributed by atoms with Gasteiger partial charge in [-0.25, -0.2) is 0 Å². The summed E-state index contributed by atoms with van der Waals surface area (Å²) >= 11 is 0. The minimum atomic E-state index is -0.121. The smallest absolute Gasteiger partial charge is 0.124 e. The predicted octanol–water partition coefficient (Wildman–Crippen LogP) is 3.94. The highest BCUT2D eigenvalue weighted by Gasteiger charge is 2.32. The molecule has 21 heavy (non-hydrogen) atoms. The van der Waals surface area contributed by atoms with Crippen molar-refractivity contribution in [2.75, 3.05) is 19.8 Å². The Kier molecular flexibility index (Phi) is 5.65. The zero-order chi connectivity index (χ0) is 15.3. The number of benzene rings is 1. The fourth-order valence-electron chi connectivity index (χ4n) is 2.71. The van der Waals surface area contributed by atoms with E-state index < -0.39 is 0 Å². The van der Waals surface area contributed by atoms with Crippen molar-refractivity contribution in [3.05, 3.63) is 29.8 Å². The first-order valence-electron chi connectivity index (χ1n) is 8.07. The second-order valence-corrected chi connectivity index (χ2v) is 6.91. The first-order chi connectivity index (χ1) is 9.98. The summed E-state index contributed by atoms with van der Waals surface area (Å²) in [4.78, 5) is 0. The Labute approximate surface area is 129 Å². The third-order valence-corrected chi connectivity index (χ3v) is 3.85. The van der Waals surface area contributed by atoms with Gasteiger partial charge in [0.2, 0.25) is 0 Å². The maximum atomic E-state index is 6.05. The fraction of sp³-hybridized carbons (Fsp3) is 0.667. The van der Waals surface area contributed by atoms with E-state index in [1.165, 1.54) is 5.56 Å². The molecular weight excluding hydrogens is 262 g/mol. The van der Waals surface area contributed by atoms with Gasteiger partial charge < -0.3 is 14.8 Å². The van der Waals surface area contributed by atoms with Crippen LogP contribution in [0.2, 0.25) is 0 Å². The van der Waals surface area contributed by atoms with Gasteiger partial charge in [-0.3, -0.25) is 0 Å². The molecule has 0 aliphatic carbocycles. The predicted molar refractivity (Wildman–Crippen MR) is 86.8 cm³/mol. The Morgan fingerprint density at radius 1 is 1.29 bits per heavy atom. The molecule has 1 aliphatic rings. The van der Waals surface area contributed by atoms with Crippen LogP contribution in [0.1, 0.15) is 52.1 Å². The molecule has 1 aromatic rings. The van der Waals surface area contributed by atoms with Crippen molar-refractivity contribution in [2.45, 2.75) is 52.2 Å². The molecule has 0 fully saturated rings. The Morgan fingerprint density at radius 3 is 2.81 bits per heavy atom. The largest absolute Gasteiger partial charge is 0.487 e. The fourth-order valence-corrected chi connectivity index (χ4v) is 2.71. The van der Waals surface area contributed by atoms with Gasteiger partial charge >= 0.3 is 0 Å². The number of fused-ring (bicyclic) bond motifs is 1. The first kappa shape index (κ1) is 16.3. The molecule has 2 rings (SSSR count). The summed E-state index contributed by atoms with van der Waals surface area (Å²) in [5.41, 5.74) is 1.14. The summed E-state index contributed by atoms with van der Waals surface area (Å²) in [7, 11) is 0. The number of hydrogen-bond acceptors (Lipinski definition) is 3. The molecule has 0 bridgehead atoms. The number of para-hydroxylation sites is 1. The van der Waals surface area contributed by atoms with Gasteiger partial charge in [-0.2, -0.15) is 0 Å². The monoisotopic (exact) mass is 291 g/mol. The summed E-state index contributed by atoms with van der Waals surface area (Å²) in [6.45, 7) is 11.3. The van der Waals surface area contributed by atoms with E-state index in [0.717, 1.165) is 38.3 Å². The topological polar surface area (TPSA) is 30.5 Å². The molecule has 1 aromatic carbocycles. The van der Waals surface area contributed by atoms with Crippen molar-refractivity contribution < 1.29 is 9.47 Å². The summed E-state index contributed by atoms with van der Waals surface area (Å²) in [6, 6.07) is 8.67. The minimum Gasteiger partial charge on any atom is -0.487 e. The van der Waals surface area contributed by atoms with Crippen LogP contribution in [0.5, 0.6) is 5.75 Å². The third kappa shape index (κ3) is 5.01. The molecule has 0 spiro atoms. The molecule has 0 aromatic heterocycles. The van der Waals surface area contributed by atoms with Crippen LogP contribution >= 0.6 is 0 Å². The molecule has 1 aliphatic heterocycles. The maximum Gasteiger partial charge on any atom is 0.124 e. The minimum absolute atomic E-state index is 0.121. The lowest BCUT2D eigenvalue weighted by atomic mass is 9.90. The molecule has 118 valence electrons. The Bertz CT molecular complexity index is 443. The van der Waals surface area contributed by atoms with Crippen LogP contribution < -0.4 is 10.1 Å². The van der Waals surface area contributed by atoms with E-state index in [0.29, 0.717) is 12.0 Å². The molecule has 1 atom stereocenters. The summed E-state index contributed by atoms with van der Waals surface area (Å²) in [5, 5.41) is 3.62. The number of ether oxygens (including phenoxy) is 2. The molecule has 1 heterocycles. The molecular formula is C18H29NO2. The van der Waals surface area contributed by atoms with Crippen molar-refractivity contribution in [2.24, 2.45) is 5.92 Å². The van der Waals surface area contributed by atoms with Crippen molar-refractivity contribution in [1.29, 1.82) is 0 Å². The first-order valence-corrected chi connectivity index (χ1v) is 8.07. The summed E-state index contributed by atoms with van der Waals surface area (Å²) in [5.74, 6) is 1.72. The highest BCUT2D eigenvalue weighted by Crippen LogP contribution is 2.38. The Balaban J connectivity index is 1.83. The molecule has 1 N–H and O–H groups in total. The average molecular weight is 291 g/mol. The number of nitrogens with one attached hydrogen (secondary N) is 1. The normalized spacial score (nSPS) is 20.1. The summed E-state index contributed by atoms with van der Waals surface area (Å²) < 4.78 is 11.7. The van der Waals surface area contributed by atoms with Crippen molar-refractivity contribution in [1.82, 2.24) is 5.32 Å². The van der Waals surface area contributed by atoms with E-state index in [9.17, 15) is 0 Å². The summed E-state index contributed by atoms with van der Waals surface area (Å²) in [6.07, 6.45) is 2.11. The van der Waals surface area contributed by atoms with Crippen LogP contribution in [0, 0.1) is 5.92 Å². The quantitative estimate of drug-likeness (QED) is 0.772. The molecule has 3 heteroatoms. The lowest BCUT2D eigenvalue weighted by molar-refractivity contribution is 0.0622. The standard InChI is InChI=1S/C18H29NO2/c1-14(2)9-11-20-12-10-19-16-13-18(3,4)21-17-8-6-5-7-15(16)17/h5-8,14,16,19H,9-13H2,1-4H3. The van der Waals surface area contributed by atoms with Crippen LogP contribution in [0.25, 0.3) is 0 Å². The molecule has 0 saturated carbocycles. The van der Waals surface area contributed by atoms with Crippen molar-refractivity contribution >= 4 is 0 Å². The van der Waals surface area contributed by atoms with Gasteiger partial charge in [0.05, 0.1) is 6.61 Å². The van der Waals surface area contributed by atoms with Gasteiger partial charge in [-0.1, -0.05) is 32.0 Å². The average Bonchev–Trinajstić information content (AvgIpc) is 2.41. The highest BCUT2D eigenvalue weighted by atomic mass is 16.5. The van der Waals surface area contributed by atoms with E-state index in [-0.39, 0.29) is 5.60 Å². The van der Waals surface area contributed by atoms with E-state index in [1.807, 2.05) is 6.07 Å². The zero-order valence-electron chi connectivity index (χ0n) is 13.8. The van der Waals surface area contributed by atoms with Crippen LogP contribution in [-0.2, 0) is 4.74 Å². The third-order valence-electron chi connectivity index (χ3n) is 3.85. The lowest BCUT2D eigenvalue weighted by Gasteiger charge is -2.38. The van der Waals surface area contributed by atoms with Gasteiger partial charge in [-0.05, 0) is 32.3 Å². The second-order valence-electron chi connectivity index (χ2n) is 6.91. The van der Waals surface area contributed by atoms with E-state index in [1.54, 1.807) is 0 Å². The maximum absolute atomic E-state index is 6.05. The van der Waals surface area contributed by atoms with E-state index in [4.69, 9.17) is 9.47 Å². The van der Waals surface area contributed by atoms with Crippen molar-refractivity contribution in [3.63, 3.8) is 0 Å². The zero-order valence-corrected chi connectivity index (χ0v) is 13.8. The van der Waals surface area contributed by atoms with Crippen LogP contribution in [0.4, 0.5) is 0 Å². The van der Waals surface area contributed by atoms with Crippen LogP contribution in [0.3, 0.4) is 0 Å². The van der Waals surface area contributed by atoms with Gasteiger partial charge in [0.25, 0.3) is 0 Å². The Hall–Kier alpha value is -1.06. The lowest BCUT2D eigenvalue weighted by Crippen LogP contribution is -2.40. The van der Waals surface area contributed by atoms with Crippen molar-refractivity contribution in [3.8, 4) is 5.75 Å². The molecule has 0 saturated heterocycles. The molecule has 1 unspecified atom stereocenters. The van der Waals surface area contributed by atoms with Gasteiger partial charge in [0.1, 0.15) is 11.4 Å². The van der Waals surface area contributed by atoms with Gasteiger partial charge in [-0.15, -0.1) is 0 Å². The van der Waals surface area contributed by atoms with Crippen LogP contribution in [0.15, 0.2) is 24.3 Å².